The third-order valence-corrected chi connectivity index (χ3v) is 4.40. The molecule has 0 aliphatic heterocycles. The standard InChI is InChI=1S/C12H15ClN4O2S/c1-4-8-11(17(18)19)12(16(3)15-8)14-7(2)9-5-6-10(13)20-9/h5-7,14H,4H2,1-3H3. The number of nitro groups is 1. The van der Waals surface area contributed by atoms with Crippen LogP contribution < -0.4 is 5.32 Å². The van der Waals surface area contributed by atoms with Crippen LogP contribution in [0.1, 0.15) is 30.5 Å². The zero-order valence-corrected chi connectivity index (χ0v) is 13.0. The van der Waals surface area contributed by atoms with Gasteiger partial charge in [-0.3, -0.25) is 10.1 Å². The quantitative estimate of drug-likeness (QED) is 0.673. The number of rotatable bonds is 5. The summed E-state index contributed by atoms with van der Waals surface area (Å²) in [5.41, 5.74) is 0.529. The zero-order chi connectivity index (χ0) is 14.9. The van der Waals surface area contributed by atoms with Gasteiger partial charge < -0.3 is 5.32 Å². The van der Waals surface area contributed by atoms with Gasteiger partial charge in [0, 0.05) is 11.9 Å². The maximum atomic E-state index is 11.2. The molecule has 2 rings (SSSR count). The van der Waals surface area contributed by atoms with Gasteiger partial charge >= 0.3 is 5.69 Å². The van der Waals surface area contributed by atoms with E-state index >= 15 is 0 Å². The monoisotopic (exact) mass is 314 g/mol. The van der Waals surface area contributed by atoms with Crippen LogP contribution >= 0.6 is 22.9 Å². The van der Waals surface area contributed by atoms with Crippen molar-refractivity contribution in [3.63, 3.8) is 0 Å². The van der Waals surface area contributed by atoms with E-state index in [9.17, 15) is 10.1 Å². The summed E-state index contributed by atoms with van der Waals surface area (Å²) in [4.78, 5) is 11.9. The van der Waals surface area contributed by atoms with Gasteiger partial charge in [0.05, 0.1) is 15.3 Å². The van der Waals surface area contributed by atoms with Crippen LogP contribution in [0, 0.1) is 10.1 Å². The second-order valence-electron chi connectivity index (χ2n) is 4.39. The highest BCUT2D eigenvalue weighted by atomic mass is 35.5. The first-order valence-electron chi connectivity index (χ1n) is 6.16. The first kappa shape index (κ1) is 14.8. The summed E-state index contributed by atoms with van der Waals surface area (Å²) in [6.07, 6.45) is 0.519. The van der Waals surface area contributed by atoms with Gasteiger partial charge in [-0.1, -0.05) is 18.5 Å². The molecule has 1 atom stereocenters. The van der Waals surface area contributed by atoms with Gasteiger partial charge in [0.2, 0.25) is 5.82 Å². The highest BCUT2D eigenvalue weighted by molar-refractivity contribution is 7.16. The van der Waals surface area contributed by atoms with Gasteiger partial charge in [-0.05, 0) is 25.5 Å². The summed E-state index contributed by atoms with van der Waals surface area (Å²) in [5.74, 6) is 0.420. The third-order valence-electron chi connectivity index (χ3n) is 2.98. The number of hydrogen-bond donors (Lipinski definition) is 1. The maximum absolute atomic E-state index is 11.2. The number of aryl methyl sites for hydroxylation is 2. The predicted molar refractivity (Wildman–Crippen MR) is 80.6 cm³/mol. The number of nitrogens with one attached hydrogen (secondary N) is 1. The van der Waals surface area contributed by atoms with E-state index in [4.69, 9.17) is 11.6 Å². The van der Waals surface area contributed by atoms with Gasteiger partial charge in [-0.15, -0.1) is 11.3 Å². The lowest BCUT2D eigenvalue weighted by molar-refractivity contribution is -0.384. The number of anilines is 1. The van der Waals surface area contributed by atoms with Crippen LogP contribution in [0.25, 0.3) is 0 Å². The Kier molecular flexibility index (Phi) is 4.29. The Labute approximate surface area is 125 Å². The first-order valence-corrected chi connectivity index (χ1v) is 7.35. The fourth-order valence-electron chi connectivity index (χ4n) is 2.00. The molecule has 8 heteroatoms. The molecule has 0 amide bonds. The average Bonchev–Trinajstić information content (AvgIpc) is 2.94. The van der Waals surface area contributed by atoms with E-state index in [2.05, 4.69) is 10.4 Å². The minimum atomic E-state index is -0.387. The van der Waals surface area contributed by atoms with Crippen LogP contribution in [0.5, 0.6) is 0 Å². The molecule has 0 aromatic carbocycles. The van der Waals surface area contributed by atoms with E-state index in [1.807, 2.05) is 26.0 Å². The average molecular weight is 315 g/mol. The summed E-state index contributed by atoms with van der Waals surface area (Å²) >= 11 is 7.36. The lowest BCUT2D eigenvalue weighted by Crippen LogP contribution is -2.10. The molecular formula is C12H15ClN4O2S. The molecule has 0 spiro atoms. The van der Waals surface area contributed by atoms with Gasteiger partial charge in [-0.2, -0.15) is 5.10 Å². The Bertz CT molecular complexity index is 637. The molecule has 2 aromatic rings. The van der Waals surface area contributed by atoms with Crippen LogP contribution in [-0.2, 0) is 13.5 Å². The molecule has 0 aliphatic rings. The minimum Gasteiger partial charge on any atom is -0.357 e. The fourth-order valence-corrected chi connectivity index (χ4v) is 3.06. The number of halogens is 1. The Morgan fingerprint density at radius 3 is 2.80 bits per heavy atom. The summed E-state index contributed by atoms with van der Waals surface area (Å²) in [7, 11) is 1.70. The van der Waals surface area contributed by atoms with Crippen molar-refractivity contribution in [2.24, 2.45) is 7.05 Å². The Hall–Kier alpha value is -1.60. The van der Waals surface area contributed by atoms with Crippen molar-refractivity contribution in [2.75, 3.05) is 5.32 Å². The van der Waals surface area contributed by atoms with Crippen molar-refractivity contribution < 1.29 is 4.92 Å². The molecule has 0 saturated carbocycles. The van der Waals surface area contributed by atoms with Crippen LogP contribution in [-0.4, -0.2) is 14.7 Å². The second-order valence-corrected chi connectivity index (χ2v) is 6.13. The molecule has 1 N–H and O–H groups in total. The molecule has 0 saturated heterocycles. The lowest BCUT2D eigenvalue weighted by Gasteiger charge is -2.12. The number of thiophene rings is 1. The molecule has 1 unspecified atom stereocenters. The van der Waals surface area contributed by atoms with Crippen molar-refractivity contribution in [2.45, 2.75) is 26.3 Å². The number of hydrogen-bond acceptors (Lipinski definition) is 5. The summed E-state index contributed by atoms with van der Waals surface area (Å²) in [6.45, 7) is 3.78. The van der Waals surface area contributed by atoms with Gasteiger partial charge in [0.25, 0.3) is 0 Å². The van der Waals surface area contributed by atoms with E-state index in [0.717, 1.165) is 4.88 Å². The van der Waals surface area contributed by atoms with E-state index < -0.39 is 0 Å². The maximum Gasteiger partial charge on any atom is 0.333 e. The summed E-state index contributed by atoms with van der Waals surface area (Å²) in [5, 5.41) is 18.6. The van der Waals surface area contributed by atoms with Gasteiger partial charge in [0.15, 0.2) is 0 Å². The van der Waals surface area contributed by atoms with E-state index in [1.54, 1.807) is 7.05 Å². The molecule has 2 heterocycles. The van der Waals surface area contributed by atoms with Crippen molar-refractivity contribution in [1.29, 1.82) is 0 Å². The normalized spacial score (nSPS) is 12.4. The fraction of sp³-hybridized carbons (Fsp3) is 0.417. The largest absolute Gasteiger partial charge is 0.357 e. The molecule has 0 aliphatic carbocycles. The molecule has 2 aromatic heterocycles. The van der Waals surface area contributed by atoms with Crippen LogP contribution in [0.4, 0.5) is 11.5 Å². The van der Waals surface area contributed by atoms with Crippen LogP contribution in [0.15, 0.2) is 12.1 Å². The second kappa shape index (κ2) is 5.80. The van der Waals surface area contributed by atoms with Crippen molar-refractivity contribution in [1.82, 2.24) is 9.78 Å². The Morgan fingerprint density at radius 2 is 2.30 bits per heavy atom. The zero-order valence-electron chi connectivity index (χ0n) is 11.4. The van der Waals surface area contributed by atoms with E-state index in [-0.39, 0.29) is 16.7 Å². The Morgan fingerprint density at radius 1 is 1.60 bits per heavy atom. The molecule has 108 valence electrons. The first-order chi connectivity index (χ1) is 9.43. The smallest absolute Gasteiger partial charge is 0.333 e. The molecule has 0 bridgehead atoms. The lowest BCUT2D eigenvalue weighted by atomic mass is 10.2. The van der Waals surface area contributed by atoms with E-state index in [0.29, 0.717) is 22.3 Å². The topological polar surface area (TPSA) is 73.0 Å². The molecular weight excluding hydrogens is 300 g/mol. The van der Waals surface area contributed by atoms with Crippen LogP contribution in [0.3, 0.4) is 0 Å². The summed E-state index contributed by atoms with van der Waals surface area (Å²) < 4.78 is 2.21. The highest BCUT2D eigenvalue weighted by Crippen LogP contribution is 2.33. The minimum absolute atomic E-state index is 0.0458. The molecule has 0 fully saturated rings. The highest BCUT2D eigenvalue weighted by Gasteiger charge is 2.26. The molecule has 0 radical (unpaired) electrons. The van der Waals surface area contributed by atoms with Gasteiger partial charge in [-0.25, -0.2) is 4.68 Å². The summed E-state index contributed by atoms with van der Waals surface area (Å²) in [6, 6.07) is 3.65. The van der Waals surface area contributed by atoms with E-state index in [1.165, 1.54) is 16.0 Å². The number of nitrogens with zero attached hydrogens (tertiary/aromatic N) is 3. The SMILES string of the molecule is CCc1nn(C)c(NC(C)c2ccc(Cl)s2)c1[N+](=O)[O-]. The molecule has 20 heavy (non-hydrogen) atoms. The van der Waals surface area contributed by atoms with Gasteiger partial charge in [0.1, 0.15) is 5.69 Å². The Balaban J connectivity index is 2.33. The number of aromatic nitrogens is 2. The van der Waals surface area contributed by atoms with Crippen molar-refractivity contribution in [3.05, 3.63) is 37.2 Å². The van der Waals surface area contributed by atoms with Crippen LogP contribution in [0.2, 0.25) is 4.34 Å². The van der Waals surface area contributed by atoms with Crippen molar-refractivity contribution in [3.8, 4) is 0 Å². The predicted octanol–water partition coefficient (Wildman–Crippen LogP) is 3.78. The third kappa shape index (κ3) is 2.78. The van der Waals surface area contributed by atoms with Crippen molar-refractivity contribution >= 4 is 34.4 Å². The molecule has 6 nitrogen and oxygen atoms in total.